The van der Waals surface area contributed by atoms with Crippen LogP contribution in [0.4, 0.5) is 0 Å². The van der Waals surface area contributed by atoms with E-state index in [1.165, 1.54) is 4.90 Å². The van der Waals surface area contributed by atoms with Gasteiger partial charge in [0.2, 0.25) is 11.8 Å². The van der Waals surface area contributed by atoms with Crippen LogP contribution in [0.1, 0.15) is 13.3 Å². The van der Waals surface area contributed by atoms with E-state index in [1.807, 2.05) is 6.92 Å². The fourth-order valence-corrected chi connectivity index (χ4v) is 0.815. The first-order valence-corrected chi connectivity index (χ1v) is 4.21. The highest BCUT2D eigenvalue weighted by molar-refractivity contribution is 5.82. The zero-order valence-corrected chi connectivity index (χ0v) is 8.33. The number of rotatable bonds is 5. The van der Waals surface area contributed by atoms with Crippen LogP contribution >= 0.6 is 0 Å². The van der Waals surface area contributed by atoms with Crippen molar-refractivity contribution in [2.75, 3.05) is 20.6 Å². The van der Waals surface area contributed by atoms with Gasteiger partial charge in [-0.15, -0.1) is 0 Å². The quantitative estimate of drug-likeness (QED) is 0.575. The molecule has 76 valence electrons. The molecule has 0 aliphatic heterocycles. The number of primary amides is 1. The van der Waals surface area contributed by atoms with Crippen LogP contribution in [-0.4, -0.2) is 43.4 Å². The van der Waals surface area contributed by atoms with Crippen molar-refractivity contribution in [3.8, 4) is 0 Å². The molecule has 0 aliphatic rings. The molecular weight excluding hydrogens is 170 g/mol. The van der Waals surface area contributed by atoms with Gasteiger partial charge in [0.05, 0.1) is 12.6 Å². The number of carbonyl (C=O) groups is 2. The molecule has 0 aromatic heterocycles. The van der Waals surface area contributed by atoms with E-state index in [0.717, 1.165) is 0 Å². The lowest BCUT2D eigenvalue weighted by atomic mass is 10.2. The molecule has 1 unspecified atom stereocenters. The lowest BCUT2D eigenvalue weighted by Gasteiger charge is -2.15. The van der Waals surface area contributed by atoms with Crippen LogP contribution < -0.4 is 11.1 Å². The van der Waals surface area contributed by atoms with Crippen molar-refractivity contribution in [3.63, 3.8) is 0 Å². The van der Waals surface area contributed by atoms with E-state index >= 15 is 0 Å². The number of nitrogens with zero attached hydrogens (tertiary/aromatic N) is 1. The summed E-state index contributed by atoms with van der Waals surface area (Å²) in [4.78, 5) is 23.3. The number of hydrogen-bond donors (Lipinski definition) is 2. The van der Waals surface area contributed by atoms with E-state index < -0.39 is 11.9 Å². The molecule has 0 aromatic carbocycles. The molecule has 13 heavy (non-hydrogen) atoms. The molecule has 2 amide bonds. The SMILES string of the molecule is CCC(NCC(=O)N(C)C)C(N)=O. The average Bonchev–Trinajstić information content (AvgIpc) is 2.04. The van der Waals surface area contributed by atoms with Crippen LogP contribution in [0.5, 0.6) is 0 Å². The smallest absolute Gasteiger partial charge is 0.236 e. The minimum Gasteiger partial charge on any atom is -0.368 e. The minimum atomic E-state index is -0.422. The molecule has 5 nitrogen and oxygen atoms in total. The molecular formula is C8H17N3O2. The molecule has 0 aromatic rings. The van der Waals surface area contributed by atoms with Crippen molar-refractivity contribution in [2.24, 2.45) is 5.73 Å². The molecule has 0 saturated heterocycles. The normalized spacial score (nSPS) is 12.2. The Bertz CT molecular complexity index is 192. The standard InChI is InChI=1S/C8H17N3O2/c1-4-6(8(9)13)10-5-7(12)11(2)3/h6,10H,4-5H2,1-3H3,(H2,9,13). The second kappa shape index (κ2) is 5.53. The Morgan fingerprint density at radius 1 is 1.46 bits per heavy atom. The molecule has 0 saturated carbocycles. The highest BCUT2D eigenvalue weighted by Crippen LogP contribution is 1.88. The van der Waals surface area contributed by atoms with Crippen LogP contribution in [0, 0.1) is 0 Å². The largest absolute Gasteiger partial charge is 0.368 e. The second-order valence-corrected chi connectivity index (χ2v) is 3.03. The molecule has 0 aliphatic carbocycles. The summed E-state index contributed by atoms with van der Waals surface area (Å²) in [7, 11) is 3.32. The van der Waals surface area contributed by atoms with E-state index in [0.29, 0.717) is 6.42 Å². The maximum atomic E-state index is 11.1. The first-order chi connectivity index (χ1) is 5.99. The van der Waals surface area contributed by atoms with Gasteiger partial charge in [0, 0.05) is 14.1 Å². The summed E-state index contributed by atoms with van der Waals surface area (Å²) in [5, 5.41) is 2.78. The van der Waals surface area contributed by atoms with Gasteiger partial charge in [-0.1, -0.05) is 6.92 Å². The first-order valence-electron chi connectivity index (χ1n) is 4.21. The van der Waals surface area contributed by atoms with E-state index in [4.69, 9.17) is 5.73 Å². The van der Waals surface area contributed by atoms with Crippen LogP contribution in [0.3, 0.4) is 0 Å². The minimum absolute atomic E-state index is 0.0697. The second-order valence-electron chi connectivity index (χ2n) is 3.03. The topological polar surface area (TPSA) is 75.4 Å². The van der Waals surface area contributed by atoms with Gasteiger partial charge >= 0.3 is 0 Å². The molecule has 0 fully saturated rings. The molecule has 5 heteroatoms. The third kappa shape index (κ3) is 4.47. The van der Waals surface area contributed by atoms with E-state index in [2.05, 4.69) is 5.32 Å². The number of nitrogens with one attached hydrogen (secondary N) is 1. The Morgan fingerprint density at radius 3 is 2.31 bits per heavy atom. The average molecular weight is 187 g/mol. The van der Waals surface area contributed by atoms with Crippen molar-refractivity contribution in [1.82, 2.24) is 10.2 Å². The Hall–Kier alpha value is -1.10. The monoisotopic (exact) mass is 187 g/mol. The third-order valence-corrected chi connectivity index (χ3v) is 1.75. The van der Waals surface area contributed by atoms with Crippen molar-refractivity contribution < 1.29 is 9.59 Å². The van der Waals surface area contributed by atoms with Gasteiger partial charge in [-0.25, -0.2) is 0 Å². The number of amides is 2. The zero-order chi connectivity index (χ0) is 10.4. The molecule has 0 spiro atoms. The Kier molecular flexibility index (Phi) is 5.06. The number of likely N-dealkylation sites (N-methyl/N-ethyl adjacent to an activating group) is 1. The van der Waals surface area contributed by atoms with Crippen molar-refractivity contribution in [3.05, 3.63) is 0 Å². The molecule has 3 N–H and O–H groups in total. The van der Waals surface area contributed by atoms with Crippen LogP contribution in [0.15, 0.2) is 0 Å². The Balaban J connectivity index is 3.85. The maximum Gasteiger partial charge on any atom is 0.236 e. The summed E-state index contributed by atoms with van der Waals surface area (Å²) in [5.74, 6) is -0.492. The highest BCUT2D eigenvalue weighted by atomic mass is 16.2. The lowest BCUT2D eigenvalue weighted by molar-refractivity contribution is -0.128. The number of nitrogens with two attached hydrogens (primary N) is 1. The molecule has 0 bridgehead atoms. The molecule has 1 atom stereocenters. The molecule has 0 radical (unpaired) electrons. The third-order valence-electron chi connectivity index (χ3n) is 1.75. The van der Waals surface area contributed by atoms with Crippen LogP contribution in [0.2, 0.25) is 0 Å². The van der Waals surface area contributed by atoms with E-state index in [1.54, 1.807) is 14.1 Å². The van der Waals surface area contributed by atoms with Gasteiger partial charge in [0.15, 0.2) is 0 Å². The number of hydrogen-bond acceptors (Lipinski definition) is 3. The zero-order valence-electron chi connectivity index (χ0n) is 8.33. The molecule has 0 heterocycles. The van der Waals surface area contributed by atoms with Crippen LogP contribution in [-0.2, 0) is 9.59 Å². The summed E-state index contributed by atoms with van der Waals surface area (Å²) < 4.78 is 0. The summed E-state index contributed by atoms with van der Waals surface area (Å²) in [6.45, 7) is 1.98. The van der Waals surface area contributed by atoms with Gasteiger partial charge in [0.25, 0.3) is 0 Å². The predicted octanol–water partition coefficient (Wildman–Crippen LogP) is -1.07. The van der Waals surface area contributed by atoms with Crippen molar-refractivity contribution >= 4 is 11.8 Å². The lowest BCUT2D eigenvalue weighted by Crippen LogP contribution is -2.45. The van der Waals surface area contributed by atoms with Gasteiger partial charge in [-0.05, 0) is 6.42 Å². The van der Waals surface area contributed by atoms with E-state index in [-0.39, 0.29) is 12.5 Å². The van der Waals surface area contributed by atoms with Crippen molar-refractivity contribution in [1.29, 1.82) is 0 Å². The Morgan fingerprint density at radius 2 is 2.00 bits per heavy atom. The summed E-state index contributed by atoms with van der Waals surface area (Å²) >= 11 is 0. The number of carbonyl (C=O) groups excluding carboxylic acids is 2. The Labute approximate surface area is 78.3 Å². The van der Waals surface area contributed by atoms with E-state index in [9.17, 15) is 9.59 Å². The fourth-order valence-electron chi connectivity index (χ4n) is 0.815. The maximum absolute atomic E-state index is 11.1. The van der Waals surface area contributed by atoms with Crippen LogP contribution in [0.25, 0.3) is 0 Å². The van der Waals surface area contributed by atoms with Gasteiger partial charge < -0.3 is 10.6 Å². The summed E-state index contributed by atoms with van der Waals surface area (Å²) in [5.41, 5.74) is 5.08. The van der Waals surface area contributed by atoms with Gasteiger partial charge in [0.1, 0.15) is 0 Å². The summed E-state index contributed by atoms with van der Waals surface area (Å²) in [6.07, 6.45) is 0.593. The first kappa shape index (κ1) is 11.9. The predicted molar refractivity (Wildman–Crippen MR) is 50.0 cm³/mol. The summed E-state index contributed by atoms with van der Waals surface area (Å²) in [6, 6.07) is -0.413. The van der Waals surface area contributed by atoms with Gasteiger partial charge in [-0.2, -0.15) is 0 Å². The highest BCUT2D eigenvalue weighted by Gasteiger charge is 2.13. The molecule has 0 rings (SSSR count). The fraction of sp³-hybridized carbons (Fsp3) is 0.750. The van der Waals surface area contributed by atoms with Gasteiger partial charge in [-0.3, -0.25) is 14.9 Å². The van der Waals surface area contributed by atoms with Crippen molar-refractivity contribution in [2.45, 2.75) is 19.4 Å².